The first-order valence-electron chi connectivity index (χ1n) is 5.38. The van der Waals surface area contributed by atoms with Crippen molar-refractivity contribution in [3.05, 3.63) is 45.3 Å². The quantitative estimate of drug-likeness (QED) is 0.925. The lowest BCUT2D eigenvalue weighted by atomic mass is 10.1. The van der Waals surface area contributed by atoms with E-state index >= 15 is 0 Å². The van der Waals surface area contributed by atoms with E-state index in [4.69, 9.17) is 0 Å². The van der Waals surface area contributed by atoms with E-state index in [2.05, 4.69) is 15.9 Å². The van der Waals surface area contributed by atoms with Crippen molar-refractivity contribution in [3.63, 3.8) is 0 Å². The lowest BCUT2D eigenvalue weighted by molar-refractivity contribution is 0.0606. The summed E-state index contributed by atoms with van der Waals surface area (Å²) in [6.45, 7) is 3.66. The Morgan fingerprint density at radius 1 is 1.35 bits per heavy atom. The summed E-state index contributed by atoms with van der Waals surface area (Å²) in [5, 5.41) is 11.3. The van der Waals surface area contributed by atoms with Gasteiger partial charge in [-0.15, -0.1) is 0 Å². The lowest BCUT2D eigenvalue weighted by Crippen LogP contribution is -2.32. The minimum Gasteiger partial charge on any atom is -0.389 e. The van der Waals surface area contributed by atoms with Crippen LogP contribution in [0.25, 0.3) is 10.8 Å². The van der Waals surface area contributed by atoms with Crippen LogP contribution in [0, 0.1) is 0 Å². The summed E-state index contributed by atoms with van der Waals surface area (Å²) in [5.41, 5.74) is -0.968. The predicted molar refractivity (Wildman–Crippen MR) is 72.2 cm³/mol. The first-order chi connectivity index (χ1) is 7.87. The number of hydrogen-bond donors (Lipinski definition) is 1. The molecule has 90 valence electrons. The van der Waals surface area contributed by atoms with Crippen molar-refractivity contribution in [2.75, 3.05) is 0 Å². The first-order valence-corrected chi connectivity index (χ1v) is 6.17. The van der Waals surface area contributed by atoms with Gasteiger partial charge in [0.25, 0.3) is 5.56 Å². The standard InChI is InChI=1S/C13H14BrNO2/c1-13(2,17)8-15-6-5-9-7-10(14)3-4-11(9)12(15)16/h3-7,17H,8H2,1-2H3. The third kappa shape index (κ3) is 2.76. The predicted octanol–water partition coefficient (Wildman–Crippen LogP) is 2.53. The van der Waals surface area contributed by atoms with Gasteiger partial charge in [0.1, 0.15) is 0 Å². The summed E-state index contributed by atoms with van der Waals surface area (Å²) < 4.78 is 2.49. The third-order valence-electron chi connectivity index (χ3n) is 2.50. The molecule has 0 bridgehead atoms. The molecule has 0 saturated carbocycles. The number of aliphatic hydroxyl groups is 1. The molecule has 2 aromatic rings. The summed E-state index contributed by atoms with van der Waals surface area (Å²) in [4.78, 5) is 12.2. The molecule has 0 atom stereocenters. The number of halogens is 1. The minimum absolute atomic E-state index is 0.0721. The van der Waals surface area contributed by atoms with Crippen LogP contribution in [0.4, 0.5) is 0 Å². The van der Waals surface area contributed by atoms with Gasteiger partial charge in [0, 0.05) is 16.1 Å². The van der Waals surface area contributed by atoms with Crippen LogP contribution < -0.4 is 5.56 Å². The van der Waals surface area contributed by atoms with Gasteiger partial charge in [-0.2, -0.15) is 0 Å². The van der Waals surface area contributed by atoms with Gasteiger partial charge in [-0.25, -0.2) is 0 Å². The number of pyridine rings is 1. The molecule has 0 aliphatic carbocycles. The highest BCUT2D eigenvalue weighted by Crippen LogP contribution is 2.17. The molecule has 1 heterocycles. The monoisotopic (exact) mass is 295 g/mol. The van der Waals surface area contributed by atoms with Crippen molar-refractivity contribution >= 4 is 26.7 Å². The van der Waals surface area contributed by atoms with Crippen LogP contribution in [0.1, 0.15) is 13.8 Å². The van der Waals surface area contributed by atoms with Gasteiger partial charge >= 0.3 is 0 Å². The van der Waals surface area contributed by atoms with Crippen LogP contribution in [-0.2, 0) is 6.54 Å². The van der Waals surface area contributed by atoms with E-state index in [0.29, 0.717) is 5.39 Å². The Balaban J connectivity index is 2.59. The van der Waals surface area contributed by atoms with Gasteiger partial charge in [-0.05, 0) is 43.5 Å². The maximum absolute atomic E-state index is 12.2. The Bertz CT molecular complexity index is 611. The first kappa shape index (κ1) is 12.3. The molecular formula is C13H14BrNO2. The van der Waals surface area contributed by atoms with Crippen LogP contribution >= 0.6 is 15.9 Å². The summed E-state index contributed by atoms with van der Waals surface area (Å²) in [6, 6.07) is 7.43. The Morgan fingerprint density at radius 2 is 2.06 bits per heavy atom. The zero-order chi connectivity index (χ0) is 12.6. The fraction of sp³-hybridized carbons (Fsp3) is 0.308. The summed E-state index contributed by atoms with van der Waals surface area (Å²) in [5.74, 6) is 0. The molecule has 1 aromatic heterocycles. The van der Waals surface area contributed by atoms with E-state index in [1.165, 1.54) is 4.57 Å². The van der Waals surface area contributed by atoms with E-state index < -0.39 is 5.60 Å². The second kappa shape index (κ2) is 4.27. The number of rotatable bonds is 2. The van der Waals surface area contributed by atoms with Gasteiger partial charge in [0.2, 0.25) is 0 Å². The topological polar surface area (TPSA) is 42.2 Å². The zero-order valence-corrected chi connectivity index (χ0v) is 11.4. The van der Waals surface area contributed by atoms with Crippen molar-refractivity contribution in [2.45, 2.75) is 26.0 Å². The van der Waals surface area contributed by atoms with Crippen molar-refractivity contribution in [2.24, 2.45) is 0 Å². The highest BCUT2D eigenvalue weighted by molar-refractivity contribution is 9.10. The Kier molecular flexibility index (Phi) is 3.10. The second-order valence-electron chi connectivity index (χ2n) is 4.79. The lowest BCUT2D eigenvalue weighted by Gasteiger charge is -2.18. The number of aromatic nitrogens is 1. The smallest absolute Gasteiger partial charge is 0.258 e. The molecule has 17 heavy (non-hydrogen) atoms. The molecule has 0 unspecified atom stereocenters. The third-order valence-corrected chi connectivity index (χ3v) is 2.99. The van der Waals surface area contributed by atoms with E-state index in [1.807, 2.05) is 18.2 Å². The molecule has 2 rings (SSSR count). The molecule has 0 amide bonds. The summed E-state index contributed by atoms with van der Waals surface area (Å²) in [6.07, 6.45) is 1.72. The van der Waals surface area contributed by atoms with Gasteiger partial charge in [-0.3, -0.25) is 4.79 Å². The number of nitrogens with zero attached hydrogens (tertiary/aromatic N) is 1. The van der Waals surface area contributed by atoms with Crippen LogP contribution in [0.2, 0.25) is 0 Å². The average Bonchev–Trinajstić information content (AvgIpc) is 2.20. The van der Waals surface area contributed by atoms with Gasteiger partial charge in [0.15, 0.2) is 0 Å². The highest BCUT2D eigenvalue weighted by Gasteiger charge is 2.14. The maximum Gasteiger partial charge on any atom is 0.258 e. The molecule has 0 spiro atoms. The summed E-state index contributed by atoms with van der Waals surface area (Å²) in [7, 11) is 0. The molecule has 1 N–H and O–H groups in total. The molecule has 3 nitrogen and oxygen atoms in total. The molecule has 0 aliphatic rings. The Labute approximate surface area is 108 Å². The number of fused-ring (bicyclic) bond motifs is 1. The van der Waals surface area contributed by atoms with Crippen LogP contribution in [0.15, 0.2) is 39.7 Å². The van der Waals surface area contributed by atoms with Gasteiger partial charge in [-0.1, -0.05) is 15.9 Å². The molecule has 4 heteroatoms. The van der Waals surface area contributed by atoms with E-state index in [0.717, 1.165) is 9.86 Å². The summed E-state index contributed by atoms with van der Waals surface area (Å²) >= 11 is 3.38. The maximum atomic E-state index is 12.2. The average molecular weight is 296 g/mol. The number of benzene rings is 1. The SMILES string of the molecule is CC(C)(O)Cn1ccc2cc(Br)ccc2c1=O. The minimum atomic E-state index is -0.896. The molecule has 0 saturated heterocycles. The molecule has 0 aliphatic heterocycles. The largest absolute Gasteiger partial charge is 0.389 e. The fourth-order valence-electron chi connectivity index (χ4n) is 1.80. The van der Waals surface area contributed by atoms with E-state index in [9.17, 15) is 9.90 Å². The molecule has 0 radical (unpaired) electrons. The van der Waals surface area contributed by atoms with Crippen LogP contribution in [0.3, 0.4) is 0 Å². The molecule has 0 fully saturated rings. The fourth-order valence-corrected chi connectivity index (χ4v) is 2.18. The van der Waals surface area contributed by atoms with E-state index in [1.54, 1.807) is 26.1 Å². The zero-order valence-electron chi connectivity index (χ0n) is 9.77. The van der Waals surface area contributed by atoms with Gasteiger partial charge < -0.3 is 9.67 Å². The molecular weight excluding hydrogens is 282 g/mol. The van der Waals surface area contributed by atoms with Crippen molar-refractivity contribution in [1.29, 1.82) is 0 Å². The van der Waals surface area contributed by atoms with Crippen LogP contribution in [-0.4, -0.2) is 15.3 Å². The van der Waals surface area contributed by atoms with Crippen molar-refractivity contribution in [3.8, 4) is 0 Å². The van der Waals surface area contributed by atoms with Crippen molar-refractivity contribution in [1.82, 2.24) is 4.57 Å². The number of hydrogen-bond acceptors (Lipinski definition) is 2. The normalized spacial score (nSPS) is 12.0. The van der Waals surface area contributed by atoms with E-state index in [-0.39, 0.29) is 12.1 Å². The highest BCUT2D eigenvalue weighted by atomic mass is 79.9. The van der Waals surface area contributed by atoms with Crippen LogP contribution in [0.5, 0.6) is 0 Å². The Hall–Kier alpha value is -1.13. The Morgan fingerprint density at radius 3 is 2.71 bits per heavy atom. The second-order valence-corrected chi connectivity index (χ2v) is 5.71. The molecule has 1 aromatic carbocycles. The van der Waals surface area contributed by atoms with Gasteiger partial charge in [0.05, 0.1) is 12.1 Å². The van der Waals surface area contributed by atoms with Crippen molar-refractivity contribution < 1.29 is 5.11 Å².